The van der Waals surface area contributed by atoms with Crippen molar-refractivity contribution in [3.05, 3.63) is 24.0 Å². The van der Waals surface area contributed by atoms with E-state index in [4.69, 9.17) is 0 Å². The maximum atomic E-state index is 9.35. The zero-order valence-corrected chi connectivity index (χ0v) is 7.98. The Labute approximate surface area is 78.6 Å². The normalized spacial score (nSPS) is 24.0. The largest absolute Gasteiger partial charge is 0.392 e. The van der Waals surface area contributed by atoms with Gasteiger partial charge in [-0.15, -0.1) is 0 Å². The molecule has 3 nitrogen and oxygen atoms in total. The topological polar surface area (TPSA) is 28.4 Å². The Kier molecular flexibility index (Phi) is 2.38. The van der Waals surface area contributed by atoms with Crippen molar-refractivity contribution in [2.24, 2.45) is 7.05 Å². The molecule has 0 amide bonds. The van der Waals surface area contributed by atoms with E-state index < -0.39 is 0 Å². The van der Waals surface area contributed by atoms with E-state index >= 15 is 0 Å². The van der Waals surface area contributed by atoms with Crippen LogP contribution in [0, 0.1) is 0 Å². The number of hydrogen-bond acceptors (Lipinski definition) is 2. The van der Waals surface area contributed by atoms with Crippen LogP contribution in [0.5, 0.6) is 0 Å². The Morgan fingerprint density at radius 3 is 3.00 bits per heavy atom. The van der Waals surface area contributed by atoms with Crippen molar-refractivity contribution in [2.75, 3.05) is 13.1 Å². The smallest absolute Gasteiger partial charge is 0.0679 e. The second-order valence-corrected chi connectivity index (χ2v) is 3.79. The highest BCUT2D eigenvalue weighted by molar-refractivity contribution is 5.06. The molecule has 2 heterocycles. The predicted octanol–water partition coefficient (Wildman–Crippen LogP) is 0.592. The molecule has 0 aliphatic carbocycles. The minimum atomic E-state index is -0.111. The van der Waals surface area contributed by atoms with Gasteiger partial charge < -0.3 is 9.67 Å². The number of aryl methyl sites for hydroxylation is 1. The van der Waals surface area contributed by atoms with Gasteiger partial charge in [-0.2, -0.15) is 0 Å². The molecule has 1 aromatic heterocycles. The Morgan fingerprint density at radius 2 is 2.46 bits per heavy atom. The van der Waals surface area contributed by atoms with Gasteiger partial charge in [-0.3, -0.25) is 4.90 Å². The number of aliphatic hydroxyl groups is 1. The summed E-state index contributed by atoms with van der Waals surface area (Å²) in [5, 5.41) is 9.35. The maximum absolute atomic E-state index is 9.35. The Morgan fingerprint density at radius 1 is 1.62 bits per heavy atom. The molecule has 3 heteroatoms. The van der Waals surface area contributed by atoms with Crippen LogP contribution in [0.1, 0.15) is 12.1 Å². The molecule has 1 saturated heterocycles. The molecule has 0 radical (unpaired) electrons. The standard InChI is InChI=1S/C10H16N2O/c1-11-5-2-3-9(11)7-12-6-4-10(13)8-12/h2-3,5,10,13H,4,6-8H2,1H3. The lowest BCUT2D eigenvalue weighted by Gasteiger charge is -2.15. The van der Waals surface area contributed by atoms with Gasteiger partial charge in [0.2, 0.25) is 0 Å². The third kappa shape index (κ3) is 1.92. The average Bonchev–Trinajstić information content (AvgIpc) is 2.64. The highest BCUT2D eigenvalue weighted by Gasteiger charge is 2.20. The quantitative estimate of drug-likeness (QED) is 0.721. The van der Waals surface area contributed by atoms with E-state index in [2.05, 4.69) is 34.8 Å². The Bertz CT molecular complexity index is 282. The molecule has 2 rings (SSSR count). The second-order valence-electron chi connectivity index (χ2n) is 3.79. The van der Waals surface area contributed by atoms with E-state index in [1.165, 1.54) is 5.69 Å². The van der Waals surface area contributed by atoms with Gasteiger partial charge in [-0.05, 0) is 18.6 Å². The van der Waals surface area contributed by atoms with Gasteiger partial charge in [-0.25, -0.2) is 0 Å². The first-order chi connectivity index (χ1) is 6.25. The van der Waals surface area contributed by atoms with E-state index in [0.717, 1.165) is 26.1 Å². The third-order valence-electron chi connectivity index (χ3n) is 2.68. The summed E-state index contributed by atoms with van der Waals surface area (Å²) in [7, 11) is 2.06. The summed E-state index contributed by atoms with van der Waals surface area (Å²) in [6.07, 6.45) is 2.87. The van der Waals surface area contributed by atoms with Crippen LogP contribution in [0.25, 0.3) is 0 Å². The SMILES string of the molecule is Cn1cccc1CN1CCC(O)C1. The van der Waals surface area contributed by atoms with E-state index in [9.17, 15) is 5.11 Å². The fourth-order valence-corrected chi connectivity index (χ4v) is 1.85. The van der Waals surface area contributed by atoms with E-state index in [-0.39, 0.29) is 6.10 Å². The van der Waals surface area contributed by atoms with Crippen LogP contribution < -0.4 is 0 Å². The Hall–Kier alpha value is -0.800. The fraction of sp³-hybridized carbons (Fsp3) is 0.600. The second kappa shape index (κ2) is 3.52. The van der Waals surface area contributed by atoms with Crippen molar-refractivity contribution in [1.82, 2.24) is 9.47 Å². The predicted molar refractivity (Wildman–Crippen MR) is 51.3 cm³/mol. The minimum absolute atomic E-state index is 0.111. The number of aliphatic hydroxyl groups excluding tert-OH is 1. The molecule has 0 saturated carbocycles. The van der Waals surface area contributed by atoms with Crippen LogP contribution in [0.15, 0.2) is 18.3 Å². The number of aromatic nitrogens is 1. The Balaban J connectivity index is 1.95. The van der Waals surface area contributed by atoms with Crippen LogP contribution >= 0.6 is 0 Å². The summed E-state index contributed by atoms with van der Waals surface area (Å²) < 4.78 is 2.13. The molecule has 1 aliphatic heterocycles. The minimum Gasteiger partial charge on any atom is -0.392 e. The molecule has 72 valence electrons. The van der Waals surface area contributed by atoms with Crippen LogP contribution in [0.3, 0.4) is 0 Å². The van der Waals surface area contributed by atoms with Gasteiger partial charge in [0.25, 0.3) is 0 Å². The number of β-amino-alcohol motifs (C(OH)–C–C–N with tert-alkyl or cyclic N) is 1. The lowest BCUT2D eigenvalue weighted by Crippen LogP contribution is -2.22. The maximum Gasteiger partial charge on any atom is 0.0679 e. The van der Waals surface area contributed by atoms with Crippen LogP contribution in [-0.2, 0) is 13.6 Å². The van der Waals surface area contributed by atoms with Crippen LogP contribution in [0.4, 0.5) is 0 Å². The highest BCUT2D eigenvalue weighted by atomic mass is 16.3. The molecular weight excluding hydrogens is 164 g/mol. The first-order valence-electron chi connectivity index (χ1n) is 4.76. The zero-order chi connectivity index (χ0) is 9.26. The van der Waals surface area contributed by atoms with Crippen molar-refractivity contribution in [1.29, 1.82) is 0 Å². The van der Waals surface area contributed by atoms with E-state index in [1.54, 1.807) is 0 Å². The molecule has 0 spiro atoms. The van der Waals surface area contributed by atoms with Gasteiger partial charge in [0, 0.05) is 38.6 Å². The third-order valence-corrected chi connectivity index (χ3v) is 2.68. The lowest BCUT2D eigenvalue weighted by atomic mass is 10.3. The van der Waals surface area contributed by atoms with Gasteiger partial charge in [0.15, 0.2) is 0 Å². The van der Waals surface area contributed by atoms with Crippen LogP contribution in [0.2, 0.25) is 0 Å². The monoisotopic (exact) mass is 180 g/mol. The van der Waals surface area contributed by atoms with Crippen molar-refractivity contribution < 1.29 is 5.11 Å². The molecule has 1 aromatic rings. The van der Waals surface area contributed by atoms with Crippen molar-refractivity contribution >= 4 is 0 Å². The average molecular weight is 180 g/mol. The first kappa shape index (κ1) is 8.78. The summed E-state index contributed by atoms with van der Waals surface area (Å²) in [6, 6.07) is 4.19. The molecule has 1 aliphatic rings. The summed E-state index contributed by atoms with van der Waals surface area (Å²) in [5.74, 6) is 0. The van der Waals surface area contributed by atoms with E-state index in [1.807, 2.05) is 0 Å². The molecule has 13 heavy (non-hydrogen) atoms. The van der Waals surface area contributed by atoms with Crippen molar-refractivity contribution in [2.45, 2.75) is 19.1 Å². The molecule has 1 fully saturated rings. The van der Waals surface area contributed by atoms with Crippen molar-refractivity contribution in [3.8, 4) is 0 Å². The van der Waals surface area contributed by atoms with Gasteiger partial charge >= 0.3 is 0 Å². The number of likely N-dealkylation sites (tertiary alicyclic amines) is 1. The lowest BCUT2D eigenvalue weighted by molar-refractivity contribution is 0.174. The summed E-state index contributed by atoms with van der Waals surface area (Å²) in [5.41, 5.74) is 1.31. The highest BCUT2D eigenvalue weighted by Crippen LogP contribution is 2.12. The molecule has 0 bridgehead atoms. The summed E-state index contributed by atoms with van der Waals surface area (Å²) in [4.78, 5) is 2.29. The molecule has 0 aromatic carbocycles. The number of hydrogen-bond donors (Lipinski definition) is 1. The zero-order valence-electron chi connectivity index (χ0n) is 7.98. The molecular formula is C10H16N2O. The molecule has 1 atom stereocenters. The number of rotatable bonds is 2. The van der Waals surface area contributed by atoms with Crippen LogP contribution in [-0.4, -0.2) is 33.8 Å². The summed E-state index contributed by atoms with van der Waals surface area (Å²) >= 11 is 0. The summed E-state index contributed by atoms with van der Waals surface area (Å²) in [6.45, 7) is 2.80. The van der Waals surface area contributed by atoms with Crippen molar-refractivity contribution in [3.63, 3.8) is 0 Å². The molecule has 1 unspecified atom stereocenters. The number of nitrogens with zero attached hydrogens (tertiary/aromatic N) is 2. The molecule has 1 N–H and O–H groups in total. The van der Waals surface area contributed by atoms with E-state index in [0.29, 0.717) is 0 Å². The van der Waals surface area contributed by atoms with Gasteiger partial charge in [-0.1, -0.05) is 0 Å². The first-order valence-corrected chi connectivity index (χ1v) is 4.76. The van der Waals surface area contributed by atoms with Gasteiger partial charge in [0.1, 0.15) is 0 Å². The fourth-order valence-electron chi connectivity index (χ4n) is 1.85. The van der Waals surface area contributed by atoms with Gasteiger partial charge in [0.05, 0.1) is 6.10 Å².